The Morgan fingerprint density at radius 3 is 1.22 bits per heavy atom. The van der Waals surface area contributed by atoms with Crippen LogP contribution in [0.25, 0.3) is 21.5 Å². The number of benzene rings is 6. The van der Waals surface area contributed by atoms with Gasteiger partial charge in [-0.3, -0.25) is 0 Å². The second kappa shape index (κ2) is 17.0. The van der Waals surface area contributed by atoms with Crippen LogP contribution in [0.15, 0.2) is 127 Å². The fraction of sp³-hybridized carbons (Fsp3) is 0.0556. The number of aryl methyl sites for hydroxylation is 2. The molecule has 0 aromatic heterocycles. The average molecular weight is 811 g/mol. The third-order valence-electron chi connectivity index (χ3n) is 7.74. The van der Waals surface area contributed by atoms with Gasteiger partial charge in [0.1, 0.15) is 54.1 Å². The van der Waals surface area contributed by atoms with Crippen molar-refractivity contribution in [1.29, 1.82) is 0 Å². The van der Waals surface area contributed by atoms with E-state index in [-0.39, 0.29) is 71.6 Å². The number of carboxylic acid groups (broad SMARTS) is 2. The van der Waals surface area contributed by atoms with Gasteiger partial charge in [-0.25, -0.2) is 26.4 Å². The van der Waals surface area contributed by atoms with Crippen molar-refractivity contribution in [3.63, 3.8) is 0 Å². The minimum absolute atomic E-state index is 0. The molecule has 55 heavy (non-hydrogen) atoms. The van der Waals surface area contributed by atoms with Crippen LogP contribution in [0.2, 0.25) is 0 Å². The van der Waals surface area contributed by atoms with Crippen LogP contribution in [0.4, 0.5) is 22.7 Å². The quantitative estimate of drug-likeness (QED) is 0.0666. The fourth-order valence-corrected chi connectivity index (χ4v) is 6.57. The monoisotopic (exact) mass is 810 g/mol. The second-order valence-electron chi connectivity index (χ2n) is 11.5. The minimum Gasteiger partial charge on any atom is -0.744 e. The molecular weight excluding hydrogens is 785 g/mol. The Kier molecular flexibility index (Phi) is 13.1. The molecular formula is C36H26CaN4O12S2. The van der Waals surface area contributed by atoms with Crippen LogP contribution < -0.4 is 0 Å². The number of carbonyl (C=O) groups is 2. The molecule has 0 atom stereocenters. The minimum atomic E-state index is -4.79. The van der Waals surface area contributed by atoms with Crippen LogP contribution in [0, 0.1) is 13.8 Å². The molecule has 0 amide bonds. The van der Waals surface area contributed by atoms with Gasteiger partial charge in [-0.05, 0) is 72.1 Å². The molecule has 0 aliphatic carbocycles. The van der Waals surface area contributed by atoms with E-state index in [9.17, 15) is 56.0 Å². The number of aromatic hydroxyl groups is 2. The van der Waals surface area contributed by atoms with E-state index in [0.29, 0.717) is 32.7 Å². The Labute approximate surface area is 342 Å². The summed E-state index contributed by atoms with van der Waals surface area (Å²) < 4.78 is 68.7. The maximum atomic E-state index is 11.5. The number of phenols is 2. The van der Waals surface area contributed by atoms with Crippen molar-refractivity contribution in [2.75, 3.05) is 0 Å². The summed E-state index contributed by atoms with van der Waals surface area (Å²) in [5.41, 5.74) is -0.346. The van der Waals surface area contributed by atoms with Crippen molar-refractivity contribution < 1.29 is 56.0 Å². The van der Waals surface area contributed by atoms with Gasteiger partial charge in [0.05, 0.1) is 9.79 Å². The first-order chi connectivity index (χ1) is 25.4. The van der Waals surface area contributed by atoms with E-state index in [0.717, 1.165) is 0 Å². The van der Waals surface area contributed by atoms with E-state index in [2.05, 4.69) is 20.5 Å². The van der Waals surface area contributed by atoms with Crippen molar-refractivity contribution in [3.05, 3.63) is 119 Å². The average Bonchev–Trinajstić information content (AvgIpc) is 3.10. The van der Waals surface area contributed by atoms with Crippen LogP contribution in [0.1, 0.15) is 31.8 Å². The molecule has 6 rings (SSSR count). The summed E-state index contributed by atoms with van der Waals surface area (Å²) in [6.07, 6.45) is 0. The number of aromatic carboxylic acids is 2. The number of carboxylic acids is 2. The summed E-state index contributed by atoms with van der Waals surface area (Å²) in [5, 5.41) is 56.3. The van der Waals surface area contributed by atoms with E-state index in [1.54, 1.807) is 74.5 Å². The summed E-state index contributed by atoms with van der Waals surface area (Å²) in [4.78, 5) is 21.6. The number of hydrogen-bond donors (Lipinski definition) is 4. The molecule has 0 radical (unpaired) electrons. The third-order valence-corrected chi connectivity index (χ3v) is 9.47. The molecule has 0 saturated carbocycles. The molecule has 0 saturated heterocycles. The molecule has 19 heteroatoms. The Morgan fingerprint density at radius 2 is 0.891 bits per heavy atom. The standard InChI is InChI=1S/2C18H14N2O6S.Ca/c2*1-10-6-7-14(15(8-10)27(24,25)26)19-20-16-12-5-3-2-4-11(12)9-13(17(16)21)18(22)23;/h2*2-9,21H,1H3,(H,22,23)(H,24,25,26);/q;;+2/p-2. The summed E-state index contributed by atoms with van der Waals surface area (Å²) in [6, 6.07) is 23.9. The van der Waals surface area contributed by atoms with Crippen LogP contribution in [0.5, 0.6) is 11.5 Å². The zero-order valence-electron chi connectivity index (χ0n) is 28.6. The van der Waals surface area contributed by atoms with Crippen LogP contribution in [-0.2, 0) is 20.2 Å². The Morgan fingerprint density at radius 1 is 0.545 bits per heavy atom. The number of rotatable bonds is 8. The molecule has 6 aromatic rings. The molecule has 0 spiro atoms. The van der Waals surface area contributed by atoms with Gasteiger partial charge >= 0.3 is 49.7 Å². The molecule has 276 valence electrons. The first kappa shape index (κ1) is 42.4. The topological polar surface area (TPSA) is 279 Å². The molecule has 4 N–H and O–H groups in total. The van der Waals surface area contributed by atoms with Crippen molar-refractivity contribution in [1.82, 2.24) is 0 Å². The molecule has 0 unspecified atom stereocenters. The first-order valence-corrected chi connectivity index (χ1v) is 18.1. The van der Waals surface area contributed by atoms with Crippen LogP contribution in [-0.4, -0.2) is 96.0 Å². The normalized spacial score (nSPS) is 11.7. The predicted octanol–water partition coefficient (Wildman–Crippen LogP) is 7.36. The summed E-state index contributed by atoms with van der Waals surface area (Å²) >= 11 is 0. The number of hydrogen-bond acceptors (Lipinski definition) is 14. The number of azo groups is 2. The van der Waals surface area contributed by atoms with Gasteiger partial charge in [-0.15, -0.1) is 20.5 Å². The van der Waals surface area contributed by atoms with Gasteiger partial charge in [0.2, 0.25) is 0 Å². The van der Waals surface area contributed by atoms with Gasteiger partial charge in [0.25, 0.3) is 0 Å². The molecule has 0 aliphatic heterocycles. The van der Waals surface area contributed by atoms with Crippen molar-refractivity contribution in [2.45, 2.75) is 23.6 Å². The van der Waals surface area contributed by atoms with E-state index in [4.69, 9.17) is 0 Å². The van der Waals surface area contributed by atoms with E-state index in [1.807, 2.05) is 0 Å². The van der Waals surface area contributed by atoms with Gasteiger partial charge in [0.15, 0.2) is 11.5 Å². The largest absolute Gasteiger partial charge is 2.00 e. The van der Waals surface area contributed by atoms with Crippen LogP contribution >= 0.6 is 0 Å². The van der Waals surface area contributed by atoms with E-state index in [1.165, 1.54) is 36.4 Å². The first-order valence-electron chi connectivity index (χ1n) is 15.3. The molecule has 0 bridgehead atoms. The Hall–Kier alpha value is -5.34. The summed E-state index contributed by atoms with van der Waals surface area (Å²) in [5.74, 6) is -3.92. The van der Waals surface area contributed by atoms with Gasteiger partial charge in [0, 0.05) is 10.8 Å². The van der Waals surface area contributed by atoms with Crippen molar-refractivity contribution >= 4 is 114 Å². The maximum Gasteiger partial charge on any atom is 2.00 e. The smallest absolute Gasteiger partial charge is 0.744 e. The molecule has 6 aromatic carbocycles. The maximum absolute atomic E-state index is 11.5. The SMILES string of the molecule is Cc1ccc(N=Nc2c(O)c(C(=O)O)cc3ccccc23)c(S(=O)(=O)[O-])c1.Cc1ccc(N=Nc2c(O)c(C(=O)O)cc3ccccc23)c(S(=O)(=O)[O-])c1.[Ca+2]. The van der Waals surface area contributed by atoms with E-state index < -0.39 is 53.5 Å². The fourth-order valence-electron chi connectivity index (χ4n) is 5.18. The second-order valence-corrected chi connectivity index (χ2v) is 14.2. The molecule has 0 fully saturated rings. The summed E-state index contributed by atoms with van der Waals surface area (Å²) in [6.45, 7) is 3.23. The molecule has 0 aliphatic rings. The Balaban J connectivity index is 0.000000240. The zero-order chi connectivity index (χ0) is 39.5. The zero-order valence-corrected chi connectivity index (χ0v) is 32.4. The summed E-state index contributed by atoms with van der Waals surface area (Å²) in [7, 11) is -9.59. The van der Waals surface area contributed by atoms with Crippen molar-refractivity contribution in [2.24, 2.45) is 20.5 Å². The van der Waals surface area contributed by atoms with Gasteiger partial charge < -0.3 is 29.5 Å². The predicted molar refractivity (Wildman–Crippen MR) is 198 cm³/mol. The molecule has 0 heterocycles. The van der Waals surface area contributed by atoms with Gasteiger partial charge in [-0.2, -0.15) is 0 Å². The number of nitrogens with zero attached hydrogens (tertiary/aromatic N) is 4. The Bertz CT molecular complexity index is 2600. The number of fused-ring (bicyclic) bond motifs is 2. The van der Waals surface area contributed by atoms with E-state index >= 15 is 0 Å². The third kappa shape index (κ3) is 9.67. The van der Waals surface area contributed by atoms with Gasteiger partial charge in [-0.1, -0.05) is 60.7 Å². The molecule has 16 nitrogen and oxygen atoms in total. The van der Waals surface area contributed by atoms with Crippen molar-refractivity contribution in [3.8, 4) is 11.5 Å². The van der Waals surface area contributed by atoms with Crippen LogP contribution in [0.3, 0.4) is 0 Å².